The van der Waals surface area contributed by atoms with E-state index in [2.05, 4.69) is 0 Å². The van der Waals surface area contributed by atoms with E-state index in [1.165, 1.54) is 0 Å². The van der Waals surface area contributed by atoms with Crippen LogP contribution in [0.15, 0.2) is 0 Å². The molecule has 1 unspecified atom stereocenters. The second-order valence-corrected chi connectivity index (χ2v) is 5.33. The van der Waals surface area contributed by atoms with Crippen molar-refractivity contribution in [3.63, 3.8) is 0 Å². The summed E-state index contributed by atoms with van der Waals surface area (Å²) in [7, 11) is 1.65. The minimum absolute atomic E-state index is 0.363. The van der Waals surface area contributed by atoms with Crippen LogP contribution in [0, 0.1) is 0 Å². The number of hydrogen-bond donors (Lipinski definition) is 0. The quantitative estimate of drug-likeness (QED) is 0.245. The average Bonchev–Trinajstić information content (AvgIpc) is 3.31. The summed E-state index contributed by atoms with van der Waals surface area (Å²) < 4.78 is 42.2. The normalized spacial score (nSPS) is 19.8. The number of ether oxygens (including phenoxy) is 8. The van der Waals surface area contributed by atoms with Crippen molar-refractivity contribution in [2.45, 2.75) is 12.7 Å². The predicted octanol–water partition coefficient (Wildman–Crippen LogP) is 0.479. The molecule has 1 atom stereocenters. The minimum Gasteiger partial charge on any atom is -0.382 e. The Morgan fingerprint density at radius 3 is 1.29 bits per heavy atom. The Bertz CT molecular complexity index is 273. The molecule has 0 aromatic rings. The van der Waals surface area contributed by atoms with Crippen molar-refractivity contribution in [3.8, 4) is 0 Å². The van der Waals surface area contributed by atoms with Crippen LogP contribution in [0.3, 0.4) is 0 Å². The maximum atomic E-state index is 5.43. The molecular weight excluding hydrogens is 320 g/mol. The van der Waals surface area contributed by atoms with Gasteiger partial charge in [-0.1, -0.05) is 0 Å². The molecule has 1 fully saturated rings. The first-order valence-electron chi connectivity index (χ1n) is 8.42. The molecule has 0 bridgehead atoms. The fourth-order valence-corrected chi connectivity index (χ4v) is 1.63. The van der Waals surface area contributed by atoms with E-state index in [4.69, 9.17) is 37.9 Å². The monoisotopic (exact) mass is 352 g/mol. The smallest absolute Gasteiger partial charge is 0.189 e. The van der Waals surface area contributed by atoms with Crippen LogP contribution in [0.1, 0.15) is 6.92 Å². The summed E-state index contributed by atoms with van der Waals surface area (Å²) in [4.78, 5) is 0. The van der Waals surface area contributed by atoms with E-state index < -0.39 is 0 Å². The summed E-state index contributed by atoms with van der Waals surface area (Å²) in [6.07, 6.45) is 0. The molecule has 1 aliphatic rings. The minimum atomic E-state index is -0.363. The number of methoxy groups -OCH3 is 1. The van der Waals surface area contributed by atoms with Gasteiger partial charge >= 0.3 is 0 Å². The highest BCUT2D eigenvalue weighted by Gasteiger charge is 2.40. The zero-order valence-electron chi connectivity index (χ0n) is 15.0. The van der Waals surface area contributed by atoms with Crippen molar-refractivity contribution in [1.29, 1.82) is 0 Å². The van der Waals surface area contributed by atoms with Crippen LogP contribution in [-0.2, 0) is 37.9 Å². The standard InChI is InChI=1S/C16H32O8/c1-16(15-24-16)23-14-13-22-12-11-21-10-9-20-8-7-19-6-5-18-4-3-17-2/h3-15H2,1-2H3. The Hall–Kier alpha value is -0.320. The SMILES string of the molecule is COCCOCCOCCOCCOCCOCCOC1(C)CO1. The van der Waals surface area contributed by atoms with Crippen LogP contribution >= 0.6 is 0 Å². The van der Waals surface area contributed by atoms with Crippen molar-refractivity contribution in [2.75, 3.05) is 93.0 Å². The lowest BCUT2D eigenvalue weighted by atomic mass is 10.5. The molecule has 0 saturated carbocycles. The lowest BCUT2D eigenvalue weighted by molar-refractivity contribution is -0.0608. The molecule has 144 valence electrons. The summed E-state index contributed by atoms with van der Waals surface area (Å²) in [6.45, 7) is 9.31. The molecule has 0 amide bonds. The number of rotatable bonds is 19. The maximum Gasteiger partial charge on any atom is 0.189 e. The van der Waals surface area contributed by atoms with E-state index in [-0.39, 0.29) is 5.79 Å². The van der Waals surface area contributed by atoms with E-state index in [0.717, 1.165) is 0 Å². The Kier molecular flexibility index (Phi) is 13.6. The summed E-state index contributed by atoms with van der Waals surface area (Å²) >= 11 is 0. The second kappa shape index (κ2) is 15.0. The van der Waals surface area contributed by atoms with E-state index in [1.807, 2.05) is 6.92 Å². The van der Waals surface area contributed by atoms with Crippen molar-refractivity contribution in [3.05, 3.63) is 0 Å². The predicted molar refractivity (Wildman–Crippen MR) is 86.3 cm³/mol. The Morgan fingerprint density at radius 2 is 0.958 bits per heavy atom. The van der Waals surface area contributed by atoms with Gasteiger partial charge in [0.05, 0.1) is 79.3 Å². The zero-order valence-corrected chi connectivity index (χ0v) is 15.0. The zero-order chi connectivity index (χ0) is 17.3. The van der Waals surface area contributed by atoms with E-state index in [1.54, 1.807) is 7.11 Å². The fourth-order valence-electron chi connectivity index (χ4n) is 1.63. The van der Waals surface area contributed by atoms with Crippen molar-refractivity contribution >= 4 is 0 Å². The third-order valence-electron chi connectivity index (χ3n) is 3.11. The topological polar surface area (TPSA) is 77.1 Å². The molecule has 0 aliphatic carbocycles. The summed E-state index contributed by atoms with van der Waals surface area (Å²) in [5.74, 6) is -0.363. The number of hydrogen-bond acceptors (Lipinski definition) is 8. The second-order valence-electron chi connectivity index (χ2n) is 5.33. The van der Waals surface area contributed by atoms with Crippen molar-refractivity contribution in [1.82, 2.24) is 0 Å². The van der Waals surface area contributed by atoms with Gasteiger partial charge in [-0.15, -0.1) is 0 Å². The molecule has 1 heterocycles. The molecule has 0 spiro atoms. The third-order valence-corrected chi connectivity index (χ3v) is 3.11. The summed E-state index contributed by atoms with van der Waals surface area (Å²) in [5, 5.41) is 0. The highest BCUT2D eigenvalue weighted by Crippen LogP contribution is 2.26. The first-order valence-corrected chi connectivity index (χ1v) is 8.42. The Balaban J connectivity index is 1.62. The van der Waals surface area contributed by atoms with Gasteiger partial charge in [0, 0.05) is 7.11 Å². The number of epoxide rings is 1. The van der Waals surface area contributed by atoms with Crippen LogP contribution in [0.5, 0.6) is 0 Å². The first-order chi connectivity index (χ1) is 11.8. The fraction of sp³-hybridized carbons (Fsp3) is 1.00. The molecule has 0 aromatic carbocycles. The first kappa shape index (κ1) is 21.7. The molecule has 0 radical (unpaired) electrons. The van der Waals surface area contributed by atoms with Gasteiger partial charge < -0.3 is 37.9 Å². The van der Waals surface area contributed by atoms with Crippen LogP contribution in [0.4, 0.5) is 0 Å². The molecule has 0 N–H and O–H groups in total. The lowest BCUT2D eigenvalue weighted by Gasteiger charge is -2.09. The highest BCUT2D eigenvalue weighted by molar-refractivity contribution is 4.74. The molecular formula is C16H32O8. The van der Waals surface area contributed by atoms with E-state index >= 15 is 0 Å². The van der Waals surface area contributed by atoms with Crippen molar-refractivity contribution in [2.24, 2.45) is 0 Å². The largest absolute Gasteiger partial charge is 0.382 e. The molecule has 1 aliphatic heterocycles. The molecule has 24 heavy (non-hydrogen) atoms. The van der Waals surface area contributed by atoms with Gasteiger partial charge in [0.1, 0.15) is 6.61 Å². The van der Waals surface area contributed by atoms with Gasteiger partial charge in [-0.05, 0) is 6.92 Å². The Morgan fingerprint density at radius 1 is 0.625 bits per heavy atom. The summed E-state index contributed by atoms with van der Waals surface area (Å²) in [5.41, 5.74) is 0. The molecule has 0 aromatic heterocycles. The van der Waals surface area contributed by atoms with Gasteiger partial charge in [-0.2, -0.15) is 0 Å². The van der Waals surface area contributed by atoms with Crippen LogP contribution in [0.25, 0.3) is 0 Å². The van der Waals surface area contributed by atoms with Crippen molar-refractivity contribution < 1.29 is 37.9 Å². The molecule has 1 rings (SSSR count). The molecule has 8 heteroatoms. The van der Waals surface area contributed by atoms with Gasteiger partial charge in [0.25, 0.3) is 0 Å². The van der Waals surface area contributed by atoms with Gasteiger partial charge in [-0.3, -0.25) is 0 Å². The third kappa shape index (κ3) is 14.1. The van der Waals surface area contributed by atoms with Crippen LogP contribution in [0.2, 0.25) is 0 Å². The van der Waals surface area contributed by atoms with Gasteiger partial charge in [0.15, 0.2) is 5.79 Å². The van der Waals surface area contributed by atoms with Crippen LogP contribution in [-0.4, -0.2) is 98.8 Å². The summed E-state index contributed by atoms with van der Waals surface area (Å²) in [6, 6.07) is 0. The van der Waals surface area contributed by atoms with Gasteiger partial charge in [0.2, 0.25) is 0 Å². The van der Waals surface area contributed by atoms with Gasteiger partial charge in [-0.25, -0.2) is 0 Å². The highest BCUT2D eigenvalue weighted by atomic mass is 16.8. The maximum absolute atomic E-state index is 5.43. The lowest BCUT2D eigenvalue weighted by Crippen LogP contribution is -2.17. The molecule has 8 nitrogen and oxygen atoms in total. The van der Waals surface area contributed by atoms with Crippen LogP contribution < -0.4 is 0 Å². The molecule has 1 saturated heterocycles. The van der Waals surface area contributed by atoms with E-state index in [9.17, 15) is 0 Å². The Labute approximate surface area is 144 Å². The average molecular weight is 352 g/mol. The van der Waals surface area contributed by atoms with E-state index in [0.29, 0.717) is 85.9 Å².